The van der Waals surface area contributed by atoms with Gasteiger partial charge in [0.05, 0.1) is 0 Å². The van der Waals surface area contributed by atoms with Crippen LogP contribution in [0.15, 0.2) is 35.3 Å². The molecule has 23 heavy (non-hydrogen) atoms. The van der Waals surface area contributed by atoms with Crippen LogP contribution in [0, 0.1) is 5.92 Å². The topological polar surface area (TPSA) is 39.2 Å². The smallest absolute Gasteiger partial charge is 0.223 e. The Hall–Kier alpha value is -1.31. The third-order valence-corrected chi connectivity index (χ3v) is 3.80. The van der Waals surface area contributed by atoms with Crippen LogP contribution < -0.4 is 0 Å². The average molecular weight is 430 g/mol. The van der Waals surface area contributed by atoms with Crippen LogP contribution in [0.2, 0.25) is 0 Å². The van der Waals surface area contributed by atoms with Gasteiger partial charge in [-0.1, -0.05) is 30.3 Å². The molecule has 128 valence electrons. The summed E-state index contributed by atoms with van der Waals surface area (Å²) in [5.74, 6) is 1.49. The van der Waals surface area contributed by atoms with Gasteiger partial charge in [-0.25, -0.2) is 0 Å². The van der Waals surface area contributed by atoms with Gasteiger partial charge >= 0.3 is 0 Å². The fraction of sp³-hybridized carbons (Fsp3) is 0.529. The Morgan fingerprint density at radius 1 is 1.17 bits per heavy atom. The Morgan fingerprint density at radius 2 is 1.78 bits per heavy atom. The highest BCUT2D eigenvalue weighted by Crippen LogP contribution is 2.20. The molecule has 1 amide bonds. The molecule has 1 aromatic carbocycles. The fourth-order valence-corrected chi connectivity index (χ4v) is 2.83. The summed E-state index contributed by atoms with van der Waals surface area (Å²) in [7, 11) is 7.95. The molecular formula is C17H27IN4O. The van der Waals surface area contributed by atoms with Crippen LogP contribution in [0.3, 0.4) is 0 Å². The molecule has 1 aromatic rings. The lowest BCUT2D eigenvalue weighted by atomic mass is 10.1. The highest BCUT2D eigenvalue weighted by atomic mass is 127. The molecule has 0 spiro atoms. The normalized spacial score (nSPS) is 16.8. The molecule has 1 unspecified atom stereocenters. The van der Waals surface area contributed by atoms with Crippen molar-refractivity contribution in [3.8, 4) is 0 Å². The molecule has 0 aromatic heterocycles. The van der Waals surface area contributed by atoms with E-state index in [2.05, 4.69) is 17.1 Å². The van der Waals surface area contributed by atoms with Gasteiger partial charge in [0.25, 0.3) is 0 Å². The molecule has 0 saturated carbocycles. The van der Waals surface area contributed by atoms with Crippen molar-refractivity contribution in [1.29, 1.82) is 0 Å². The Morgan fingerprint density at radius 3 is 2.35 bits per heavy atom. The average Bonchev–Trinajstić information content (AvgIpc) is 2.79. The number of benzene rings is 1. The zero-order valence-corrected chi connectivity index (χ0v) is 16.7. The van der Waals surface area contributed by atoms with E-state index in [4.69, 9.17) is 0 Å². The lowest BCUT2D eigenvalue weighted by Crippen LogP contribution is -2.36. The Balaban J connectivity index is 0.00000264. The van der Waals surface area contributed by atoms with Crippen molar-refractivity contribution in [1.82, 2.24) is 14.7 Å². The minimum Gasteiger partial charge on any atom is -0.349 e. The van der Waals surface area contributed by atoms with Crippen molar-refractivity contribution in [3.63, 3.8) is 0 Å². The summed E-state index contributed by atoms with van der Waals surface area (Å²) in [6.07, 6.45) is 0.602. The minimum absolute atomic E-state index is 0. The molecule has 1 aliphatic heterocycles. The van der Waals surface area contributed by atoms with E-state index in [0.717, 1.165) is 12.5 Å². The number of nitrogens with zero attached hydrogens (tertiary/aromatic N) is 4. The van der Waals surface area contributed by atoms with E-state index < -0.39 is 0 Å². The first-order valence-corrected chi connectivity index (χ1v) is 7.68. The molecule has 0 aliphatic carbocycles. The van der Waals surface area contributed by atoms with Crippen molar-refractivity contribution in [2.75, 3.05) is 41.3 Å². The molecule has 2 rings (SSSR count). The maximum absolute atomic E-state index is 12.2. The molecule has 1 atom stereocenters. The van der Waals surface area contributed by atoms with Gasteiger partial charge in [0.15, 0.2) is 5.96 Å². The number of aliphatic imine (C=N–C) groups is 1. The summed E-state index contributed by atoms with van der Waals surface area (Å²) in [6, 6.07) is 10.1. The van der Waals surface area contributed by atoms with Crippen molar-refractivity contribution < 1.29 is 4.79 Å². The second-order valence-electron chi connectivity index (χ2n) is 6.26. The highest BCUT2D eigenvalue weighted by molar-refractivity contribution is 14.0. The minimum atomic E-state index is 0. The molecule has 0 bridgehead atoms. The number of hydrogen-bond donors (Lipinski definition) is 0. The largest absolute Gasteiger partial charge is 0.349 e. The first kappa shape index (κ1) is 19.7. The van der Waals surface area contributed by atoms with E-state index in [0.29, 0.717) is 25.4 Å². The van der Waals surface area contributed by atoms with Gasteiger partial charge in [-0.05, 0) is 5.56 Å². The van der Waals surface area contributed by atoms with E-state index in [-0.39, 0.29) is 29.9 Å². The molecule has 1 fully saturated rings. The van der Waals surface area contributed by atoms with Crippen molar-refractivity contribution in [2.45, 2.75) is 13.0 Å². The maximum Gasteiger partial charge on any atom is 0.223 e. The Labute approximate surface area is 156 Å². The molecule has 1 aliphatic rings. The SMILES string of the molecule is CN(C)C(=NCC1CC(=O)N(Cc2ccccc2)C1)N(C)C.I. The van der Waals surface area contributed by atoms with Crippen LogP contribution in [0.5, 0.6) is 0 Å². The van der Waals surface area contributed by atoms with Gasteiger partial charge in [0.2, 0.25) is 5.91 Å². The number of rotatable bonds is 4. The van der Waals surface area contributed by atoms with Gasteiger partial charge < -0.3 is 14.7 Å². The predicted molar refractivity (Wildman–Crippen MR) is 105 cm³/mol. The number of hydrogen-bond acceptors (Lipinski definition) is 2. The first-order chi connectivity index (χ1) is 10.5. The van der Waals surface area contributed by atoms with Crippen LogP contribution in [0.4, 0.5) is 0 Å². The second-order valence-corrected chi connectivity index (χ2v) is 6.26. The summed E-state index contributed by atoms with van der Waals surface area (Å²) in [4.78, 5) is 22.8. The van der Waals surface area contributed by atoms with Crippen molar-refractivity contribution >= 4 is 35.8 Å². The third-order valence-electron chi connectivity index (χ3n) is 3.80. The van der Waals surface area contributed by atoms with Gasteiger partial charge in [-0.2, -0.15) is 0 Å². The first-order valence-electron chi connectivity index (χ1n) is 7.68. The molecular weight excluding hydrogens is 403 g/mol. The number of amides is 1. The number of guanidine groups is 1. The van der Waals surface area contributed by atoms with E-state index in [1.807, 2.05) is 61.1 Å². The molecule has 6 heteroatoms. The number of carbonyl (C=O) groups is 1. The molecule has 1 saturated heterocycles. The van der Waals surface area contributed by atoms with Crippen molar-refractivity contribution in [3.05, 3.63) is 35.9 Å². The molecule has 5 nitrogen and oxygen atoms in total. The third kappa shape index (κ3) is 5.67. The molecule has 0 radical (unpaired) electrons. The molecule has 0 N–H and O–H groups in total. The number of likely N-dealkylation sites (tertiary alicyclic amines) is 1. The number of halogens is 1. The zero-order valence-electron chi connectivity index (χ0n) is 14.4. The van der Waals surface area contributed by atoms with Gasteiger partial charge in [-0.15, -0.1) is 24.0 Å². The van der Waals surface area contributed by atoms with E-state index in [9.17, 15) is 4.79 Å². The van der Waals surface area contributed by atoms with E-state index >= 15 is 0 Å². The summed E-state index contributed by atoms with van der Waals surface area (Å²) in [5, 5.41) is 0. The zero-order chi connectivity index (χ0) is 16.1. The standard InChI is InChI=1S/C17H26N4O.HI/c1-19(2)17(20(3)4)18-11-15-10-16(22)21(13-15)12-14-8-6-5-7-9-14;/h5-9,15H,10-13H2,1-4H3;1H. The molecule has 1 heterocycles. The maximum atomic E-state index is 12.2. The van der Waals surface area contributed by atoms with E-state index in [1.54, 1.807) is 0 Å². The lowest BCUT2D eigenvalue weighted by molar-refractivity contribution is -0.128. The van der Waals surface area contributed by atoms with Crippen LogP contribution >= 0.6 is 24.0 Å². The van der Waals surface area contributed by atoms with Crippen LogP contribution in [-0.2, 0) is 11.3 Å². The van der Waals surface area contributed by atoms with Gasteiger partial charge in [0.1, 0.15) is 0 Å². The monoisotopic (exact) mass is 430 g/mol. The van der Waals surface area contributed by atoms with Crippen molar-refractivity contribution in [2.24, 2.45) is 10.9 Å². The fourth-order valence-electron chi connectivity index (χ4n) is 2.83. The summed E-state index contributed by atoms with van der Waals surface area (Å²) >= 11 is 0. The lowest BCUT2D eigenvalue weighted by Gasteiger charge is -2.23. The predicted octanol–water partition coefficient (Wildman–Crippen LogP) is 2.13. The summed E-state index contributed by atoms with van der Waals surface area (Å²) < 4.78 is 0. The summed E-state index contributed by atoms with van der Waals surface area (Å²) in [6.45, 7) is 2.20. The van der Waals surface area contributed by atoms with E-state index in [1.165, 1.54) is 5.56 Å². The quantitative estimate of drug-likeness (QED) is 0.418. The summed E-state index contributed by atoms with van der Waals surface area (Å²) in [5.41, 5.74) is 1.18. The second kappa shape index (κ2) is 9.10. The van der Waals surface area contributed by atoms with Gasteiger partial charge in [0, 0.05) is 60.2 Å². The Kier molecular flexibility index (Phi) is 7.81. The Bertz CT molecular complexity index is 521. The van der Waals surface area contributed by atoms with Crippen LogP contribution in [0.25, 0.3) is 0 Å². The van der Waals surface area contributed by atoms with Gasteiger partial charge in [-0.3, -0.25) is 9.79 Å². The van der Waals surface area contributed by atoms with Crippen LogP contribution in [-0.4, -0.2) is 67.8 Å². The van der Waals surface area contributed by atoms with Crippen LogP contribution in [0.1, 0.15) is 12.0 Å². The highest BCUT2D eigenvalue weighted by Gasteiger charge is 2.29. The number of carbonyl (C=O) groups excluding carboxylic acids is 1.